The maximum atomic E-state index is 13.9. The van der Waals surface area contributed by atoms with Gasteiger partial charge in [-0.05, 0) is 24.6 Å². The molecule has 2 N–H and O–H groups in total. The van der Waals surface area contributed by atoms with Gasteiger partial charge in [-0.2, -0.15) is 0 Å². The zero-order chi connectivity index (χ0) is 13.2. The molecule has 4 heteroatoms. The van der Waals surface area contributed by atoms with E-state index >= 15 is 0 Å². The van der Waals surface area contributed by atoms with Crippen LogP contribution in [0.15, 0.2) is 42.6 Å². The first-order chi connectivity index (χ1) is 8.58. The van der Waals surface area contributed by atoms with Gasteiger partial charge in [-0.25, -0.2) is 8.78 Å². The van der Waals surface area contributed by atoms with Crippen LogP contribution < -0.4 is 5.73 Å². The SMILES string of the molecule is CCC(N)(c1ccc(F)cn1)c1ccccc1F. The van der Waals surface area contributed by atoms with Gasteiger partial charge in [-0.3, -0.25) is 4.98 Å². The lowest BCUT2D eigenvalue weighted by atomic mass is 9.84. The van der Waals surface area contributed by atoms with Gasteiger partial charge >= 0.3 is 0 Å². The summed E-state index contributed by atoms with van der Waals surface area (Å²) in [7, 11) is 0. The number of pyridine rings is 1. The Balaban J connectivity index is 2.55. The third kappa shape index (κ3) is 2.11. The highest BCUT2D eigenvalue weighted by Crippen LogP contribution is 2.30. The summed E-state index contributed by atoms with van der Waals surface area (Å²) >= 11 is 0. The molecule has 0 aliphatic carbocycles. The van der Waals surface area contributed by atoms with E-state index in [-0.39, 0.29) is 5.82 Å². The van der Waals surface area contributed by atoms with Gasteiger partial charge in [-0.1, -0.05) is 25.1 Å². The fourth-order valence-corrected chi connectivity index (χ4v) is 1.97. The number of hydrogen-bond acceptors (Lipinski definition) is 2. The third-order valence-corrected chi connectivity index (χ3v) is 3.10. The van der Waals surface area contributed by atoms with E-state index in [1.54, 1.807) is 18.2 Å². The molecule has 0 spiro atoms. The molecule has 0 amide bonds. The number of halogens is 2. The van der Waals surface area contributed by atoms with Gasteiger partial charge in [0, 0.05) is 5.56 Å². The molecule has 2 rings (SSSR count). The first kappa shape index (κ1) is 12.6. The maximum absolute atomic E-state index is 13.9. The lowest BCUT2D eigenvalue weighted by Gasteiger charge is -2.28. The second-order valence-corrected chi connectivity index (χ2v) is 4.17. The average molecular weight is 248 g/mol. The number of aromatic nitrogens is 1. The van der Waals surface area contributed by atoms with Crippen molar-refractivity contribution in [2.75, 3.05) is 0 Å². The van der Waals surface area contributed by atoms with E-state index in [1.807, 2.05) is 6.92 Å². The molecular weight excluding hydrogens is 234 g/mol. The molecule has 2 aromatic rings. The maximum Gasteiger partial charge on any atom is 0.141 e. The van der Waals surface area contributed by atoms with E-state index in [0.717, 1.165) is 6.20 Å². The Kier molecular flexibility index (Phi) is 3.39. The highest BCUT2D eigenvalue weighted by molar-refractivity contribution is 5.35. The summed E-state index contributed by atoms with van der Waals surface area (Å²) in [6, 6.07) is 9.08. The Labute approximate surface area is 104 Å². The second kappa shape index (κ2) is 4.82. The lowest BCUT2D eigenvalue weighted by Crippen LogP contribution is -2.39. The number of nitrogens with two attached hydrogens (primary N) is 1. The van der Waals surface area contributed by atoms with Crippen molar-refractivity contribution in [1.29, 1.82) is 0 Å². The van der Waals surface area contributed by atoms with E-state index in [4.69, 9.17) is 5.73 Å². The zero-order valence-corrected chi connectivity index (χ0v) is 10.0. The van der Waals surface area contributed by atoms with E-state index in [2.05, 4.69) is 4.98 Å². The molecule has 0 saturated heterocycles. The van der Waals surface area contributed by atoms with Crippen molar-refractivity contribution in [1.82, 2.24) is 4.98 Å². The van der Waals surface area contributed by atoms with E-state index < -0.39 is 11.4 Å². The van der Waals surface area contributed by atoms with Crippen molar-refractivity contribution < 1.29 is 8.78 Å². The van der Waals surface area contributed by atoms with E-state index in [9.17, 15) is 8.78 Å². The molecule has 18 heavy (non-hydrogen) atoms. The van der Waals surface area contributed by atoms with Crippen molar-refractivity contribution in [3.8, 4) is 0 Å². The molecule has 0 aliphatic rings. The number of nitrogens with zero attached hydrogens (tertiary/aromatic N) is 1. The molecular formula is C14H14F2N2. The molecule has 1 unspecified atom stereocenters. The molecule has 0 aliphatic heterocycles. The Morgan fingerprint density at radius 2 is 1.89 bits per heavy atom. The summed E-state index contributed by atoms with van der Waals surface area (Å²) in [5, 5.41) is 0. The summed E-state index contributed by atoms with van der Waals surface area (Å²) in [6.07, 6.45) is 1.56. The van der Waals surface area contributed by atoms with Crippen LogP contribution in [0.5, 0.6) is 0 Å². The van der Waals surface area contributed by atoms with Crippen LogP contribution in [-0.4, -0.2) is 4.98 Å². The highest BCUT2D eigenvalue weighted by Gasteiger charge is 2.31. The van der Waals surface area contributed by atoms with Crippen LogP contribution in [0.1, 0.15) is 24.6 Å². The van der Waals surface area contributed by atoms with Gasteiger partial charge in [-0.15, -0.1) is 0 Å². The molecule has 1 aromatic heterocycles. The van der Waals surface area contributed by atoms with Crippen molar-refractivity contribution >= 4 is 0 Å². The van der Waals surface area contributed by atoms with Crippen LogP contribution >= 0.6 is 0 Å². The Morgan fingerprint density at radius 1 is 1.17 bits per heavy atom. The molecule has 1 atom stereocenters. The van der Waals surface area contributed by atoms with Crippen molar-refractivity contribution in [2.24, 2.45) is 5.73 Å². The van der Waals surface area contributed by atoms with E-state index in [0.29, 0.717) is 17.7 Å². The predicted molar refractivity (Wildman–Crippen MR) is 65.9 cm³/mol. The summed E-state index contributed by atoms with van der Waals surface area (Å²) in [6.45, 7) is 1.84. The summed E-state index contributed by atoms with van der Waals surface area (Å²) in [5.41, 5.74) is 6.05. The first-order valence-electron chi connectivity index (χ1n) is 5.74. The van der Waals surface area contributed by atoms with E-state index in [1.165, 1.54) is 18.2 Å². The number of hydrogen-bond donors (Lipinski definition) is 1. The number of benzene rings is 1. The van der Waals surface area contributed by atoms with Gasteiger partial charge in [0.2, 0.25) is 0 Å². The normalized spacial score (nSPS) is 14.2. The third-order valence-electron chi connectivity index (χ3n) is 3.10. The van der Waals surface area contributed by atoms with Crippen LogP contribution in [0.4, 0.5) is 8.78 Å². The van der Waals surface area contributed by atoms with Crippen LogP contribution in [0.25, 0.3) is 0 Å². The standard InChI is InChI=1S/C14H14F2N2/c1-2-14(17,11-5-3-4-6-12(11)16)13-8-7-10(15)9-18-13/h3-9H,2,17H2,1H3. The van der Waals surface area contributed by atoms with Crippen molar-refractivity contribution in [3.05, 3.63) is 65.5 Å². The molecule has 1 aromatic carbocycles. The van der Waals surface area contributed by atoms with Gasteiger partial charge in [0.1, 0.15) is 11.6 Å². The summed E-state index contributed by atoms with van der Waals surface area (Å²) < 4.78 is 26.7. The topological polar surface area (TPSA) is 38.9 Å². The van der Waals surface area contributed by atoms with Crippen LogP contribution in [0, 0.1) is 11.6 Å². The lowest BCUT2D eigenvalue weighted by molar-refractivity contribution is 0.465. The predicted octanol–water partition coefficient (Wildman–Crippen LogP) is 2.97. The summed E-state index contributed by atoms with van der Waals surface area (Å²) in [5.74, 6) is -0.821. The average Bonchev–Trinajstić information content (AvgIpc) is 2.39. The van der Waals surface area contributed by atoms with Gasteiger partial charge < -0.3 is 5.73 Å². The minimum Gasteiger partial charge on any atom is -0.316 e. The molecule has 0 bridgehead atoms. The first-order valence-corrected chi connectivity index (χ1v) is 5.74. The van der Waals surface area contributed by atoms with Crippen molar-refractivity contribution in [3.63, 3.8) is 0 Å². The van der Waals surface area contributed by atoms with Crippen LogP contribution in [0.3, 0.4) is 0 Å². The fraction of sp³-hybridized carbons (Fsp3) is 0.214. The molecule has 0 radical (unpaired) electrons. The molecule has 2 nitrogen and oxygen atoms in total. The molecule has 1 heterocycles. The van der Waals surface area contributed by atoms with Crippen molar-refractivity contribution in [2.45, 2.75) is 18.9 Å². The van der Waals surface area contributed by atoms with Gasteiger partial charge in [0.15, 0.2) is 0 Å². The molecule has 0 saturated carbocycles. The zero-order valence-electron chi connectivity index (χ0n) is 10.0. The number of rotatable bonds is 3. The summed E-state index contributed by atoms with van der Waals surface area (Å²) in [4.78, 5) is 3.97. The highest BCUT2D eigenvalue weighted by atomic mass is 19.1. The largest absolute Gasteiger partial charge is 0.316 e. The quantitative estimate of drug-likeness (QED) is 0.907. The second-order valence-electron chi connectivity index (χ2n) is 4.17. The minimum atomic E-state index is -1.04. The monoisotopic (exact) mass is 248 g/mol. The fourth-order valence-electron chi connectivity index (χ4n) is 1.97. The molecule has 94 valence electrons. The smallest absolute Gasteiger partial charge is 0.141 e. The minimum absolute atomic E-state index is 0.367. The Hall–Kier alpha value is -1.81. The Morgan fingerprint density at radius 3 is 2.44 bits per heavy atom. The van der Waals surface area contributed by atoms with Gasteiger partial charge in [0.05, 0.1) is 17.4 Å². The van der Waals surface area contributed by atoms with Gasteiger partial charge in [0.25, 0.3) is 0 Å². The Bertz CT molecular complexity index is 540. The van der Waals surface area contributed by atoms with Crippen LogP contribution in [0.2, 0.25) is 0 Å². The molecule has 0 fully saturated rings. The van der Waals surface area contributed by atoms with Crippen LogP contribution in [-0.2, 0) is 5.54 Å².